The lowest BCUT2D eigenvalue weighted by atomic mass is 10.1. The molecule has 0 heterocycles. The number of Topliss-reactive ketones (excluding diaryl/α,β-unsaturated/α-hetero) is 1. The van der Waals surface area contributed by atoms with Crippen molar-refractivity contribution in [2.75, 3.05) is 7.11 Å². The fourth-order valence-corrected chi connectivity index (χ4v) is 1.26. The summed E-state index contributed by atoms with van der Waals surface area (Å²) < 4.78 is 4.88. The van der Waals surface area contributed by atoms with Gasteiger partial charge in [0.05, 0.1) is 18.1 Å². The zero-order chi connectivity index (χ0) is 11.4. The highest BCUT2D eigenvalue weighted by Gasteiger charge is 2.15. The number of nitrogens with zero attached hydrogens (tertiary/aromatic N) is 1. The van der Waals surface area contributed by atoms with Crippen molar-refractivity contribution < 1.29 is 14.5 Å². The maximum Gasteiger partial charge on any atom is 0.276 e. The molecule has 0 bridgehead atoms. The molecule has 1 aromatic carbocycles. The summed E-state index contributed by atoms with van der Waals surface area (Å²) in [5.41, 5.74) is 0.331. The molecular formula is C10H11NO4. The quantitative estimate of drug-likeness (QED) is 0.559. The van der Waals surface area contributed by atoms with Gasteiger partial charge in [-0.25, -0.2) is 0 Å². The van der Waals surface area contributed by atoms with Crippen LogP contribution in [0, 0.1) is 10.1 Å². The molecule has 0 spiro atoms. The van der Waals surface area contributed by atoms with Crippen LogP contribution in [-0.2, 0) is 11.2 Å². The smallest absolute Gasteiger partial charge is 0.276 e. The molecule has 80 valence electrons. The molecule has 5 heteroatoms. The van der Waals surface area contributed by atoms with E-state index in [-0.39, 0.29) is 17.9 Å². The lowest BCUT2D eigenvalue weighted by molar-refractivity contribution is -0.385. The number of benzene rings is 1. The van der Waals surface area contributed by atoms with E-state index >= 15 is 0 Å². The van der Waals surface area contributed by atoms with Gasteiger partial charge in [0.25, 0.3) is 5.69 Å². The van der Waals surface area contributed by atoms with Gasteiger partial charge >= 0.3 is 0 Å². The fraction of sp³-hybridized carbons (Fsp3) is 0.300. The summed E-state index contributed by atoms with van der Waals surface area (Å²) in [5, 5.41) is 10.7. The van der Waals surface area contributed by atoms with E-state index in [9.17, 15) is 14.9 Å². The normalized spacial score (nSPS) is 9.73. The Hall–Kier alpha value is -1.91. The highest BCUT2D eigenvalue weighted by Crippen LogP contribution is 2.24. The first-order valence-corrected chi connectivity index (χ1v) is 4.35. The molecule has 1 aromatic rings. The monoisotopic (exact) mass is 209 g/mol. The molecule has 5 nitrogen and oxygen atoms in total. The molecule has 15 heavy (non-hydrogen) atoms. The molecule has 0 aliphatic heterocycles. The summed E-state index contributed by atoms with van der Waals surface area (Å²) in [6.07, 6.45) is 0.0697. The van der Waals surface area contributed by atoms with Crippen LogP contribution >= 0.6 is 0 Å². The highest BCUT2D eigenvalue weighted by atomic mass is 16.6. The van der Waals surface area contributed by atoms with E-state index in [1.165, 1.54) is 20.1 Å². The number of carbonyl (C=O) groups is 1. The Kier molecular flexibility index (Phi) is 3.38. The summed E-state index contributed by atoms with van der Waals surface area (Å²) in [7, 11) is 1.43. The Labute approximate surface area is 86.8 Å². The lowest BCUT2D eigenvalue weighted by Gasteiger charge is -2.03. The van der Waals surface area contributed by atoms with Crippen molar-refractivity contribution in [1.82, 2.24) is 0 Å². The molecule has 0 fully saturated rings. The SMILES string of the molecule is COc1ccc(CC(C)=O)c([N+](=O)[O-])c1. The molecular weight excluding hydrogens is 198 g/mol. The Bertz CT molecular complexity index is 400. The van der Waals surface area contributed by atoms with E-state index in [2.05, 4.69) is 0 Å². The number of nitro benzene ring substituents is 1. The second kappa shape index (κ2) is 4.54. The van der Waals surface area contributed by atoms with E-state index < -0.39 is 4.92 Å². The van der Waals surface area contributed by atoms with Crippen LogP contribution in [0.15, 0.2) is 18.2 Å². The van der Waals surface area contributed by atoms with Gasteiger partial charge in [0.15, 0.2) is 0 Å². The Morgan fingerprint density at radius 1 is 1.53 bits per heavy atom. The molecule has 0 saturated heterocycles. The Morgan fingerprint density at radius 3 is 2.67 bits per heavy atom. The minimum absolute atomic E-state index is 0.0697. The molecule has 0 saturated carbocycles. The number of methoxy groups -OCH3 is 1. The van der Waals surface area contributed by atoms with Crippen LogP contribution in [-0.4, -0.2) is 17.8 Å². The number of ketones is 1. The summed E-state index contributed by atoms with van der Waals surface area (Å²) in [4.78, 5) is 21.1. The van der Waals surface area contributed by atoms with Crippen LogP contribution in [0.1, 0.15) is 12.5 Å². The third-order valence-electron chi connectivity index (χ3n) is 1.93. The molecule has 0 radical (unpaired) electrons. The second-order valence-corrected chi connectivity index (χ2v) is 3.13. The largest absolute Gasteiger partial charge is 0.497 e. The van der Waals surface area contributed by atoms with Gasteiger partial charge in [0, 0.05) is 12.0 Å². The van der Waals surface area contributed by atoms with Gasteiger partial charge in [0.2, 0.25) is 0 Å². The minimum Gasteiger partial charge on any atom is -0.497 e. The van der Waals surface area contributed by atoms with Gasteiger partial charge in [-0.05, 0) is 19.1 Å². The van der Waals surface area contributed by atoms with Crippen molar-refractivity contribution in [3.05, 3.63) is 33.9 Å². The van der Waals surface area contributed by atoms with E-state index in [1.807, 2.05) is 0 Å². The van der Waals surface area contributed by atoms with Gasteiger partial charge in [-0.2, -0.15) is 0 Å². The van der Waals surface area contributed by atoms with Crippen LogP contribution in [0.3, 0.4) is 0 Å². The Morgan fingerprint density at radius 2 is 2.20 bits per heavy atom. The molecule has 0 aliphatic rings. The van der Waals surface area contributed by atoms with Gasteiger partial charge in [-0.3, -0.25) is 14.9 Å². The molecule has 0 unspecified atom stereocenters. The molecule has 0 aromatic heterocycles. The molecule has 0 aliphatic carbocycles. The van der Waals surface area contributed by atoms with E-state index in [1.54, 1.807) is 12.1 Å². The summed E-state index contributed by atoms with van der Waals surface area (Å²) in [6, 6.07) is 4.46. The number of hydrogen-bond acceptors (Lipinski definition) is 4. The second-order valence-electron chi connectivity index (χ2n) is 3.13. The standard InChI is InChI=1S/C10H11NO4/c1-7(12)5-8-3-4-9(15-2)6-10(8)11(13)14/h3-4,6H,5H2,1-2H3. The summed E-state index contributed by atoms with van der Waals surface area (Å²) >= 11 is 0. The van der Waals surface area contributed by atoms with Gasteiger partial charge in [-0.15, -0.1) is 0 Å². The predicted molar refractivity (Wildman–Crippen MR) is 54.0 cm³/mol. The van der Waals surface area contributed by atoms with Crippen LogP contribution in [0.5, 0.6) is 5.75 Å². The fourth-order valence-electron chi connectivity index (χ4n) is 1.26. The van der Waals surface area contributed by atoms with Crippen molar-refractivity contribution in [2.24, 2.45) is 0 Å². The van der Waals surface area contributed by atoms with Gasteiger partial charge in [0.1, 0.15) is 11.5 Å². The van der Waals surface area contributed by atoms with Crippen molar-refractivity contribution in [2.45, 2.75) is 13.3 Å². The van der Waals surface area contributed by atoms with Crippen LogP contribution in [0.4, 0.5) is 5.69 Å². The van der Waals surface area contributed by atoms with Gasteiger partial charge in [-0.1, -0.05) is 0 Å². The number of nitro groups is 1. The summed E-state index contributed by atoms with van der Waals surface area (Å²) in [6.45, 7) is 1.40. The zero-order valence-electron chi connectivity index (χ0n) is 8.52. The van der Waals surface area contributed by atoms with Crippen molar-refractivity contribution in [1.29, 1.82) is 0 Å². The highest BCUT2D eigenvalue weighted by molar-refractivity contribution is 5.79. The number of ether oxygens (including phenoxy) is 1. The van der Waals surface area contributed by atoms with Crippen LogP contribution < -0.4 is 4.74 Å². The molecule has 0 N–H and O–H groups in total. The number of rotatable bonds is 4. The average Bonchev–Trinajstić information content (AvgIpc) is 2.17. The van der Waals surface area contributed by atoms with Crippen molar-refractivity contribution in [3.8, 4) is 5.75 Å². The molecule has 1 rings (SSSR count). The zero-order valence-corrected chi connectivity index (χ0v) is 8.52. The van der Waals surface area contributed by atoms with Crippen molar-refractivity contribution in [3.63, 3.8) is 0 Å². The minimum atomic E-state index is -0.513. The van der Waals surface area contributed by atoms with E-state index in [0.29, 0.717) is 11.3 Å². The Balaban J connectivity index is 3.15. The summed E-state index contributed by atoms with van der Waals surface area (Å²) in [5.74, 6) is 0.303. The first-order chi connectivity index (χ1) is 7.04. The first kappa shape index (κ1) is 11.2. The topological polar surface area (TPSA) is 69.4 Å². The lowest BCUT2D eigenvalue weighted by Crippen LogP contribution is -2.01. The number of hydrogen-bond donors (Lipinski definition) is 0. The first-order valence-electron chi connectivity index (χ1n) is 4.35. The van der Waals surface area contributed by atoms with E-state index in [0.717, 1.165) is 0 Å². The van der Waals surface area contributed by atoms with Crippen molar-refractivity contribution >= 4 is 11.5 Å². The maximum absolute atomic E-state index is 10.9. The predicted octanol–water partition coefficient (Wildman–Crippen LogP) is 1.73. The molecule has 0 amide bonds. The van der Waals surface area contributed by atoms with Crippen LogP contribution in [0.2, 0.25) is 0 Å². The number of carbonyl (C=O) groups excluding carboxylic acids is 1. The van der Waals surface area contributed by atoms with E-state index in [4.69, 9.17) is 4.74 Å². The van der Waals surface area contributed by atoms with Gasteiger partial charge < -0.3 is 4.74 Å². The van der Waals surface area contributed by atoms with Crippen LogP contribution in [0.25, 0.3) is 0 Å². The average molecular weight is 209 g/mol. The third-order valence-corrected chi connectivity index (χ3v) is 1.93. The maximum atomic E-state index is 10.9. The molecule has 0 atom stereocenters. The third kappa shape index (κ3) is 2.77.